The number of nitrogens with one attached hydrogen (secondary N) is 1. The van der Waals surface area contributed by atoms with E-state index in [9.17, 15) is 9.18 Å². The number of carbonyl (C=O) groups is 1. The van der Waals surface area contributed by atoms with Crippen molar-refractivity contribution in [3.63, 3.8) is 0 Å². The number of fused-ring (bicyclic) bond motifs is 1. The number of amides is 1. The molecular formula is C18H18ClFN2O2. The second kappa shape index (κ2) is 7.20. The maximum Gasteiger partial charge on any atom is 0.238 e. The molecule has 24 heavy (non-hydrogen) atoms. The number of hydrogen-bond acceptors (Lipinski definition) is 3. The van der Waals surface area contributed by atoms with Gasteiger partial charge in [0.25, 0.3) is 0 Å². The molecular weight excluding hydrogens is 331 g/mol. The number of hydrogen-bond donors (Lipinski definition) is 1. The Balaban J connectivity index is 1.63. The van der Waals surface area contributed by atoms with Crippen molar-refractivity contribution in [2.75, 3.05) is 25.5 Å². The zero-order valence-electron chi connectivity index (χ0n) is 13.3. The number of ether oxygens (including phenoxy) is 1. The lowest BCUT2D eigenvalue weighted by atomic mass is 9.99. The zero-order valence-corrected chi connectivity index (χ0v) is 14.1. The van der Waals surface area contributed by atoms with Crippen molar-refractivity contribution in [3.05, 3.63) is 58.4 Å². The van der Waals surface area contributed by atoms with E-state index in [1.807, 2.05) is 4.90 Å². The van der Waals surface area contributed by atoms with Crippen LogP contribution in [0.25, 0.3) is 0 Å². The van der Waals surface area contributed by atoms with Gasteiger partial charge in [-0.25, -0.2) is 4.39 Å². The molecule has 2 aromatic carbocycles. The molecule has 0 saturated carbocycles. The number of halogens is 2. The summed E-state index contributed by atoms with van der Waals surface area (Å²) in [4.78, 5) is 14.2. The van der Waals surface area contributed by atoms with Crippen LogP contribution >= 0.6 is 11.6 Å². The van der Waals surface area contributed by atoms with E-state index in [4.69, 9.17) is 16.3 Å². The van der Waals surface area contributed by atoms with E-state index in [0.717, 1.165) is 24.1 Å². The first kappa shape index (κ1) is 16.7. The highest BCUT2D eigenvalue weighted by atomic mass is 35.5. The second-order valence-corrected chi connectivity index (χ2v) is 6.21. The topological polar surface area (TPSA) is 41.6 Å². The average Bonchev–Trinajstić information content (AvgIpc) is 2.54. The summed E-state index contributed by atoms with van der Waals surface area (Å²) >= 11 is 5.91. The minimum absolute atomic E-state index is 0.116. The lowest BCUT2D eigenvalue weighted by Gasteiger charge is -2.28. The van der Waals surface area contributed by atoms with Gasteiger partial charge in [0.15, 0.2) is 11.6 Å². The van der Waals surface area contributed by atoms with Crippen molar-refractivity contribution in [2.24, 2.45) is 0 Å². The van der Waals surface area contributed by atoms with Gasteiger partial charge in [-0.1, -0.05) is 17.7 Å². The second-order valence-electron chi connectivity index (χ2n) is 5.77. The third-order valence-electron chi connectivity index (χ3n) is 4.04. The molecule has 1 N–H and O–H groups in total. The number of methoxy groups -OCH3 is 1. The Kier molecular flexibility index (Phi) is 5.02. The third kappa shape index (κ3) is 3.86. The first-order chi connectivity index (χ1) is 11.5. The van der Waals surface area contributed by atoms with Gasteiger partial charge in [0.2, 0.25) is 5.91 Å². The summed E-state index contributed by atoms with van der Waals surface area (Å²) in [5.74, 6) is -0.225. The van der Waals surface area contributed by atoms with E-state index in [2.05, 4.69) is 5.32 Å². The van der Waals surface area contributed by atoms with Crippen molar-refractivity contribution in [1.82, 2.24) is 4.90 Å². The Morgan fingerprint density at radius 3 is 2.92 bits per heavy atom. The molecule has 0 spiro atoms. The maximum absolute atomic E-state index is 13.9. The summed E-state index contributed by atoms with van der Waals surface area (Å²) in [7, 11) is 1.46. The highest BCUT2D eigenvalue weighted by molar-refractivity contribution is 6.30. The quantitative estimate of drug-likeness (QED) is 0.919. The molecule has 1 amide bonds. The van der Waals surface area contributed by atoms with Gasteiger partial charge >= 0.3 is 0 Å². The Bertz CT molecular complexity index is 767. The summed E-state index contributed by atoms with van der Waals surface area (Å²) in [6.07, 6.45) is 0.760. The van der Waals surface area contributed by atoms with Crippen molar-refractivity contribution >= 4 is 23.2 Å². The molecule has 1 aliphatic heterocycles. The largest absolute Gasteiger partial charge is 0.494 e. The van der Waals surface area contributed by atoms with Crippen LogP contribution in [-0.4, -0.2) is 31.0 Å². The van der Waals surface area contributed by atoms with Crippen LogP contribution in [0.4, 0.5) is 10.1 Å². The Hall–Kier alpha value is -2.11. The monoisotopic (exact) mass is 348 g/mol. The Morgan fingerprint density at radius 2 is 2.17 bits per heavy atom. The van der Waals surface area contributed by atoms with Crippen molar-refractivity contribution in [3.8, 4) is 5.75 Å². The molecule has 126 valence electrons. The van der Waals surface area contributed by atoms with E-state index in [1.54, 1.807) is 30.3 Å². The van der Waals surface area contributed by atoms with Gasteiger partial charge in [-0.2, -0.15) is 0 Å². The Morgan fingerprint density at radius 1 is 1.33 bits per heavy atom. The molecule has 0 fully saturated rings. The van der Waals surface area contributed by atoms with Crippen molar-refractivity contribution in [1.29, 1.82) is 0 Å². The molecule has 4 nitrogen and oxygen atoms in total. The molecule has 2 aromatic rings. The molecule has 1 aliphatic rings. The van der Waals surface area contributed by atoms with E-state index in [-0.39, 0.29) is 24.0 Å². The minimum Gasteiger partial charge on any atom is -0.494 e. The molecule has 0 aliphatic carbocycles. The highest BCUT2D eigenvalue weighted by Gasteiger charge is 2.20. The van der Waals surface area contributed by atoms with Gasteiger partial charge in [-0.3, -0.25) is 9.69 Å². The van der Waals surface area contributed by atoms with Crippen LogP contribution in [0.2, 0.25) is 5.02 Å². The molecule has 0 atom stereocenters. The van der Waals surface area contributed by atoms with E-state index >= 15 is 0 Å². The minimum atomic E-state index is -0.374. The van der Waals surface area contributed by atoms with Crippen LogP contribution in [0.3, 0.4) is 0 Å². The third-order valence-corrected chi connectivity index (χ3v) is 4.28. The van der Waals surface area contributed by atoms with E-state index < -0.39 is 0 Å². The molecule has 0 unspecified atom stereocenters. The predicted molar refractivity (Wildman–Crippen MR) is 92.0 cm³/mol. The number of carbonyl (C=O) groups excluding carboxylic acids is 1. The van der Waals surface area contributed by atoms with Gasteiger partial charge in [0.05, 0.1) is 13.7 Å². The molecule has 6 heteroatoms. The fraction of sp³-hybridized carbons (Fsp3) is 0.278. The average molecular weight is 349 g/mol. The number of nitrogens with zero attached hydrogens (tertiary/aromatic N) is 1. The van der Waals surface area contributed by atoms with Crippen LogP contribution in [0.15, 0.2) is 36.4 Å². The predicted octanol–water partition coefficient (Wildman–Crippen LogP) is 3.48. The first-order valence-electron chi connectivity index (χ1n) is 7.68. The SMILES string of the molecule is COc1cc2c(cc1F)CN(CC(=O)Nc1cccc(Cl)c1)CC2. The van der Waals surface area contributed by atoms with E-state index in [1.165, 1.54) is 13.2 Å². The van der Waals surface area contributed by atoms with Gasteiger partial charge in [-0.05, 0) is 47.9 Å². The summed E-state index contributed by atoms with van der Waals surface area (Å²) in [6, 6.07) is 10.3. The van der Waals surface area contributed by atoms with Gasteiger partial charge in [-0.15, -0.1) is 0 Å². The molecule has 0 saturated heterocycles. The van der Waals surface area contributed by atoms with Crippen molar-refractivity contribution < 1.29 is 13.9 Å². The fourth-order valence-corrected chi connectivity index (χ4v) is 3.07. The van der Waals surface area contributed by atoms with Gasteiger partial charge in [0, 0.05) is 23.8 Å². The van der Waals surface area contributed by atoms with Crippen LogP contribution in [0, 0.1) is 5.82 Å². The number of anilines is 1. The normalized spacial score (nSPS) is 14.1. The zero-order chi connectivity index (χ0) is 17.1. The van der Waals surface area contributed by atoms with Crippen LogP contribution in [0.1, 0.15) is 11.1 Å². The van der Waals surface area contributed by atoms with Crippen LogP contribution in [0.5, 0.6) is 5.75 Å². The molecule has 0 radical (unpaired) electrons. The number of benzene rings is 2. The number of rotatable bonds is 4. The van der Waals surface area contributed by atoms with E-state index in [0.29, 0.717) is 17.3 Å². The lowest BCUT2D eigenvalue weighted by Crippen LogP contribution is -2.37. The summed E-state index contributed by atoms with van der Waals surface area (Å²) in [5.41, 5.74) is 2.63. The van der Waals surface area contributed by atoms with Crippen LogP contribution in [-0.2, 0) is 17.8 Å². The molecule has 3 rings (SSSR count). The van der Waals surface area contributed by atoms with Gasteiger partial charge in [0.1, 0.15) is 0 Å². The molecule has 1 heterocycles. The standard InChI is InChI=1S/C18H18ClFN2O2/c1-24-17-8-12-5-6-22(10-13(12)7-16(17)20)11-18(23)21-15-4-2-3-14(19)9-15/h2-4,7-9H,5-6,10-11H2,1H3,(H,21,23). The summed E-state index contributed by atoms with van der Waals surface area (Å²) in [6.45, 7) is 1.53. The first-order valence-corrected chi connectivity index (χ1v) is 8.06. The Labute approximate surface area is 145 Å². The maximum atomic E-state index is 13.9. The summed E-state index contributed by atoms with van der Waals surface area (Å²) < 4.78 is 18.9. The summed E-state index contributed by atoms with van der Waals surface area (Å²) in [5, 5.41) is 3.40. The lowest BCUT2D eigenvalue weighted by molar-refractivity contribution is -0.117. The molecule has 0 aromatic heterocycles. The smallest absolute Gasteiger partial charge is 0.238 e. The van der Waals surface area contributed by atoms with Crippen LogP contribution < -0.4 is 10.1 Å². The van der Waals surface area contributed by atoms with Gasteiger partial charge < -0.3 is 10.1 Å². The van der Waals surface area contributed by atoms with Crippen molar-refractivity contribution in [2.45, 2.75) is 13.0 Å². The fourth-order valence-electron chi connectivity index (χ4n) is 2.88. The molecule has 0 bridgehead atoms. The highest BCUT2D eigenvalue weighted by Crippen LogP contribution is 2.26.